The number of ether oxygens (including phenoxy) is 2. The van der Waals surface area contributed by atoms with Gasteiger partial charge in [0.15, 0.2) is 11.8 Å². The van der Waals surface area contributed by atoms with E-state index in [2.05, 4.69) is 33.8 Å². The van der Waals surface area contributed by atoms with Gasteiger partial charge in [-0.2, -0.15) is 0 Å². The molecule has 1 saturated heterocycles. The topological polar surface area (TPSA) is 85.6 Å². The summed E-state index contributed by atoms with van der Waals surface area (Å²) in [6, 6.07) is 8.32. The van der Waals surface area contributed by atoms with Crippen molar-refractivity contribution in [3.05, 3.63) is 41.5 Å². The molecule has 2 unspecified atom stereocenters. The Kier molecular flexibility index (Phi) is 7.56. The van der Waals surface area contributed by atoms with Crippen molar-refractivity contribution in [1.82, 2.24) is 25.4 Å². The number of aryl methyl sites for hydroxylation is 1. The SMILES string of the molecule is Cc1nnc(CN=C(NCC2(C)CCCO2)NC2CCOc3ccccc32)n1C.I. The maximum absolute atomic E-state index is 5.93. The van der Waals surface area contributed by atoms with E-state index in [4.69, 9.17) is 14.5 Å². The van der Waals surface area contributed by atoms with E-state index < -0.39 is 0 Å². The summed E-state index contributed by atoms with van der Waals surface area (Å²) in [4.78, 5) is 4.80. The predicted octanol–water partition coefficient (Wildman–Crippen LogP) is 2.87. The van der Waals surface area contributed by atoms with Crippen LogP contribution in [0.15, 0.2) is 29.3 Å². The van der Waals surface area contributed by atoms with Crippen molar-refractivity contribution < 1.29 is 9.47 Å². The Bertz CT molecular complexity index is 878. The predicted molar refractivity (Wildman–Crippen MR) is 126 cm³/mol. The van der Waals surface area contributed by atoms with Crippen LogP contribution in [-0.2, 0) is 18.3 Å². The second kappa shape index (κ2) is 9.95. The highest BCUT2D eigenvalue weighted by Gasteiger charge is 2.30. The highest BCUT2D eigenvalue weighted by atomic mass is 127. The maximum Gasteiger partial charge on any atom is 0.192 e. The van der Waals surface area contributed by atoms with Gasteiger partial charge in [-0.05, 0) is 32.8 Å². The average molecular weight is 526 g/mol. The van der Waals surface area contributed by atoms with E-state index in [9.17, 15) is 0 Å². The first-order chi connectivity index (χ1) is 14.0. The number of para-hydroxylation sites is 1. The molecule has 2 aliphatic heterocycles. The highest BCUT2D eigenvalue weighted by molar-refractivity contribution is 14.0. The number of nitrogens with one attached hydrogen (secondary N) is 2. The van der Waals surface area contributed by atoms with E-state index in [0.29, 0.717) is 19.7 Å². The second-order valence-electron chi connectivity index (χ2n) is 8.01. The summed E-state index contributed by atoms with van der Waals surface area (Å²) in [6.45, 7) is 6.76. The van der Waals surface area contributed by atoms with E-state index in [1.54, 1.807) is 0 Å². The fourth-order valence-corrected chi connectivity index (χ4v) is 3.80. The van der Waals surface area contributed by atoms with Crippen molar-refractivity contribution in [2.45, 2.75) is 51.3 Å². The van der Waals surface area contributed by atoms with Crippen LogP contribution in [0.4, 0.5) is 0 Å². The molecule has 0 radical (unpaired) electrons. The molecule has 0 bridgehead atoms. The lowest BCUT2D eigenvalue weighted by atomic mass is 10.0. The Labute approximate surface area is 194 Å². The van der Waals surface area contributed by atoms with Gasteiger partial charge in [-0.25, -0.2) is 4.99 Å². The quantitative estimate of drug-likeness (QED) is 0.354. The molecular formula is C21H31IN6O2. The summed E-state index contributed by atoms with van der Waals surface area (Å²) in [6.07, 6.45) is 3.04. The molecule has 3 heterocycles. The molecule has 0 aliphatic carbocycles. The van der Waals surface area contributed by atoms with Crippen LogP contribution in [0.2, 0.25) is 0 Å². The zero-order chi connectivity index (χ0) is 20.3. The number of fused-ring (bicyclic) bond motifs is 1. The summed E-state index contributed by atoms with van der Waals surface area (Å²) in [5.41, 5.74) is 1.00. The largest absolute Gasteiger partial charge is 0.493 e. The summed E-state index contributed by atoms with van der Waals surface area (Å²) in [5, 5.41) is 15.4. The Balaban J connectivity index is 0.00000256. The fourth-order valence-electron chi connectivity index (χ4n) is 3.80. The molecular weight excluding hydrogens is 495 g/mol. The van der Waals surface area contributed by atoms with Crippen molar-refractivity contribution >= 4 is 29.9 Å². The van der Waals surface area contributed by atoms with Gasteiger partial charge in [0.25, 0.3) is 0 Å². The minimum absolute atomic E-state index is 0. The average Bonchev–Trinajstić information content (AvgIpc) is 3.31. The van der Waals surface area contributed by atoms with Gasteiger partial charge in [-0.15, -0.1) is 34.2 Å². The maximum atomic E-state index is 5.93. The molecule has 2 aliphatic rings. The summed E-state index contributed by atoms with van der Waals surface area (Å²) in [7, 11) is 1.96. The molecule has 2 aromatic rings. The minimum atomic E-state index is -0.155. The number of hydrogen-bond acceptors (Lipinski definition) is 5. The van der Waals surface area contributed by atoms with Gasteiger partial charge < -0.3 is 24.7 Å². The Morgan fingerprint density at radius 1 is 1.30 bits per heavy atom. The number of halogens is 1. The molecule has 0 saturated carbocycles. The molecule has 164 valence electrons. The molecule has 2 atom stereocenters. The summed E-state index contributed by atoms with van der Waals surface area (Å²) >= 11 is 0. The lowest BCUT2D eigenvalue weighted by molar-refractivity contribution is 0.0242. The summed E-state index contributed by atoms with van der Waals surface area (Å²) in [5.74, 6) is 3.40. The number of benzene rings is 1. The first kappa shape index (κ1) is 22.8. The molecule has 1 fully saturated rings. The van der Waals surface area contributed by atoms with E-state index in [1.165, 1.54) is 0 Å². The third-order valence-corrected chi connectivity index (χ3v) is 5.76. The van der Waals surface area contributed by atoms with Gasteiger partial charge in [0, 0.05) is 32.2 Å². The van der Waals surface area contributed by atoms with Crippen LogP contribution < -0.4 is 15.4 Å². The van der Waals surface area contributed by atoms with E-state index >= 15 is 0 Å². The Morgan fingerprint density at radius 2 is 2.13 bits per heavy atom. The van der Waals surface area contributed by atoms with Crippen LogP contribution >= 0.6 is 24.0 Å². The number of nitrogens with zero attached hydrogens (tertiary/aromatic N) is 4. The molecule has 1 aromatic heterocycles. The van der Waals surface area contributed by atoms with Crippen LogP contribution in [0, 0.1) is 6.92 Å². The van der Waals surface area contributed by atoms with Crippen molar-refractivity contribution in [1.29, 1.82) is 0 Å². The van der Waals surface area contributed by atoms with Crippen LogP contribution in [0.25, 0.3) is 0 Å². The Morgan fingerprint density at radius 3 is 2.87 bits per heavy atom. The molecule has 8 nitrogen and oxygen atoms in total. The normalized spacial score (nSPS) is 23.3. The van der Waals surface area contributed by atoms with Gasteiger partial charge in [0.2, 0.25) is 0 Å². The monoisotopic (exact) mass is 526 g/mol. The zero-order valence-electron chi connectivity index (χ0n) is 17.9. The number of aromatic nitrogens is 3. The fraction of sp³-hybridized carbons (Fsp3) is 0.571. The number of rotatable bonds is 5. The van der Waals surface area contributed by atoms with Gasteiger partial charge in [0.1, 0.15) is 18.1 Å². The lowest BCUT2D eigenvalue weighted by Gasteiger charge is -2.30. The second-order valence-corrected chi connectivity index (χ2v) is 8.01. The molecule has 2 N–H and O–H groups in total. The molecule has 30 heavy (non-hydrogen) atoms. The van der Waals surface area contributed by atoms with Crippen LogP contribution in [0.1, 0.15) is 49.4 Å². The molecule has 4 rings (SSSR count). The molecule has 1 aromatic carbocycles. The summed E-state index contributed by atoms with van der Waals surface area (Å²) < 4.78 is 13.7. The van der Waals surface area contributed by atoms with Gasteiger partial charge >= 0.3 is 0 Å². The highest BCUT2D eigenvalue weighted by Crippen LogP contribution is 2.31. The van der Waals surface area contributed by atoms with E-state index in [0.717, 1.165) is 54.8 Å². The van der Waals surface area contributed by atoms with Gasteiger partial charge in [-0.3, -0.25) is 0 Å². The van der Waals surface area contributed by atoms with E-state index in [-0.39, 0.29) is 35.6 Å². The van der Waals surface area contributed by atoms with Gasteiger partial charge in [0.05, 0.1) is 18.2 Å². The van der Waals surface area contributed by atoms with Crippen molar-refractivity contribution in [2.24, 2.45) is 12.0 Å². The number of guanidine groups is 1. The number of hydrogen-bond donors (Lipinski definition) is 2. The smallest absolute Gasteiger partial charge is 0.192 e. The van der Waals surface area contributed by atoms with Crippen LogP contribution in [-0.4, -0.2) is 46.1 Å². The third-order valence-electron chi connectivity index (χ3n) is 5.76. The van der Waals surface area contributed by atoms with Gasteiger partial charge in [-0.1, -0.05) is 18.2 Å². The van der Waals surface area contributed by atoms with E-state index in [1.807, 2.05) is 36.7 Å². The minimum Gasteiger partial charge on any atom is -0.493 e. The first-order valence-electron chi connectivity index (χ1n) is 10.3. The van der Waals surface area contributed by atoms with Crippen LogP contribution in [0.5, 0.6) is 5.75 Å². The van der Waals surface area contributed by atoms with Crippen LogP contribution in [0.3, 0.4) is 0 Å². The molecule has 0 amide bonds. The van der Waals surface area contributed by atoms with Crippen molar-refractivity contribution in [2.75, 3.05) is 19.8 Å². The van der Waals surface area contributed by atoms with Crippen molar-refractivity contribution in [3.8, 4) is 5.75 Å². The standard InChI is InChI=1S/C21H30N6O2.HI/c1-15-25-26-19(27(15)3)13-22-20(23-14-21(2)10-6-11-29-21)24-17-9-12-28-18-8-5-4-7-16(17)18;/h4-5,7-8,17H,6,9-14H2,1-3H3,(H2,22,23,24);1H. The Hall–Kier alpha value is -1.88. The van der Waals surface area contributed by atoms with Crippen molar-refractivity contribution in [3.63, 3.8) is 0 Å². The lowest BCUT2D eigenvalue weighted by Crippen LogP contribution is -2.47. The molecule has 9 heteroatoms. The first-order valence-corrected chi connectivity index (χ1v) is 10.3. The third kappa shape index (κ3) is 5.23. The number of aliphatic imine (C=N–C) groups is 1. The zero-order valence-corrected chi connectivity index (χ0v) is 20.2. The molecule has 0 spiro atoms.